The molecule has 4 rings (SSSR count). The lowest BCUT2D eigenvalue weighted by atomic mass is 9.82. The van der Waals surface area contributed by atoms with Crippen molar-refractivity contribution in [3.8, 4) is 0 Å². The van der Waals surface area contributed by atoms with Crippen molar-refractivity contribution in [1.29, 1.82) is 0 Å². The summed E-state index contributed by atoms with van der Waals surface area (Å²) in [6, 6.07) is 5.42. The van der Waals surface area contributed by atoms with Gasteiger partial charge in [0.2, 0.25) is 11.9 Å². The van der Waals surface area contributed by atoms with E-state index in [1.54, 1.807) is 18.5 Å². The van der Waals surface area contributed by atoms with Crippen LogP contribution in [0.1, 0.15) is 18.1 Å². The SMILES string of the molecule is CCNC(=O)C1Cc2cc(C(F)(F)F)ccc2N2CCN(c3ncccn3)CC12. The van der Waals surface area contributed by atoms with E-state index in [9.17, 15) is 18.0 Å². The third kappa shape index (κ3) is 3.73. The van der Waals surface area contributed by atoms with Crippen LogP contribution in [0, 0.1) is 5.92 Å². The molecule has 6 nitrogen and oxygen atoms in total. The fourth-order valence-electron chi connectivity index (χ4n) is 4.24. The number of benzene rings is 1. The third-order valence-corrected chi connectivity index (χ3v) is 5.56. The number of amides is 1. The molecule has 2 aliphatic heterocycles. The first-order valence-corrected chi connectivity index (χ1v) is 9.65. The Bertz CT molecular complexity index is 889. The molecule has 1 N–H and O–H groups in total. The van der Waals surface area contributed by atoms with Crippen molar-refractivity contribution < 1.29 is 18.0 Å². The smallest absolute Gasteiger partial charge is 0.364 e. The van der Waals surface area contributed by atoms with Gasteiger partial charge in [0.15, 0.2) is 0 Å². The maximum absolute atomic E-state index is 13.2. The average Bonchev–Trinajstić information content (AvgIpc) is 2.72. The number of hydrogen-bond acceptors (Lipinski definition) is 5. The molecule has 2 aliphatic rings. The number of aromatic nitrogens is 2. The van der Waals surface area contributed by atoms with Crippen molar-refractivity contribution in [3.63, 3.8) is 0 Å². The summed E-state index contributed by atoms with van der Waals surface area (Å²) in [5, 5.41) is 2.84. The van der Waals surface area contributed by atoms with Crippen LogP contribution in [-0.4, -0.2) is 48.1 Å². The number of nitrogens with zero attached hydrogens (tertiary/aromatic N) is 4. The Morgan fingerprint density at radius 1 is 1.24 bits per heavy atom. The minimum atomic E-state index is -4.41. The molecule has 1 saturated heterocycles. The van der Waals surface area contributed by atoms with E-state index in [-0.39, 0.29) is 18.4 Å². The van der Waals surface area contributed by atoms with Crippen molar-refractivity contribution in [2.45, 2.75) is 25.6 Å². The fourth-order valence-corrected chi connectivity index (χ4v) is 4.24. The van der Waals surface area contributed by atoms with Crippen molar-refractivity contribution in [1.82, 2.24) is 15.3 Å². The highest BCUT2D eigenvalue weighted by molar-refractivity contribution is 5.82. The minimum Gasteiger partial charge on any atom is -0.364 e. The molecule has 1 fully saturated rings. The Morgan fingerprint density at radius 2 is 2.00 bits per heavy atom. The van der Waals surface area contributed by atoms with Gasteiger partial charge in [0.05, 0.1) is 17.5 Å². The van der Waals surface area contributed by atoms with Crippen molar-refractivity contribution in [2.75, 3.05) is 36.0 Å². The van der Waals surface area contributed by atoms with Crippen LogP contribution >= 0.6 is 0 Å². The number of halogens is 3. The molecule has 1 amide bonds. The molecular weight excluding hydrogens is 383 g/mol. The number of carbonyl (C=O) groups excluding carboxylic acids is 1. The van der Waals surface area contributed by atoms with Crippen LogP contribution in [0.15, 0.2) is 36.7 Å². The molecule has 0 aliphatic carbocycles. The summed E-state index contributed by atoms with van der Waals surface area (Å²) < 4.78 is 39.6. The largest absolute Gasteiger partial charge is 0.416 e. The molecule has 0 saturated carbocycles. The van der Waals surface area contributed by atoms with Crippen molar-refractivity contribution in [2.24, 2.45) is 5.92 Å². The van der Waals surface area contributed by atoms with E-state index >= 15 is 0 Å². The first-order valence-electron chi connectivity index (χ1n) is 9.65. The first-order chi connectivity index (χ1) is 13.9. The lowest BCUT2D eigenvalue weighted by Crippen LogP contribution is -2.61. The number of carbonyl (C=O) groups is 1. The van der Waals surface area contributed by atoms with Crippen LogP contribution in [0.4, 0.5) is 24.8 Å². The number of rotatable bonds is 3. The van der Waals surface area contributed by atoms with E-state index in [1.807, 2.05) is 11.8 Å². The Labute approximate surface area is 166 Å². The summed E-state index contributed by atoms with van der Waals surface area (Å²) in [7, 11) is 0. The monoisotopic (exact) mass is 405 g/mol. The van der Waals surface area contributed by atoms with Gasteiger partial charge in [0.25, 0.3) is 0 Å². The Morgan fingerprint density at radius 3 is 2.69 bits per heavy atom. The van der Waals surface area contributed by atoms with Gasteiger partial charge in [-0.2, -0.15) is 13.2 Å². The van der Waals surface area contributed by atoms with Gasteiger partial charge in [-0.1, -0.05) is 0 Å². The van der Waals surface area contributed by atoms with Crippen molar-refractivity contribution in [3.05, 3.63) is 47.8 Å². The second kappa shape index (κ2) is 7.53. The van der Waals surface area contributed by atoms with Gasteiger partial charge in [0.1, 0.15) is 0 Å². The molecule has 154 valence electrons. The molecule has 29 heavy (non-hydrogen) atoms. The highest BCUT2D eigenvalue weighted by Crippen LogP contribution is 2.40. The maximum Gasteiger partial charge on any atom is 0.416 e. The van der Waals surface area contributed by atoms with Crippen LogP contribution < -0.4 is 15.1 Å². The highest BCUT2D eigenvalue weighted by Gasteiger charge is 2.43. The molecule has 3 heterocycles. The van der Waals surface area contributed by atoms with Crippen LogP contribution in [0.2, 0.25) is 0 Å². The number of nitrogens with one attached hydrogen (secondary N) is 1. The van der Waals surface area contributed by atoms with Gasteiger partial charge in [-0.3, -0.25) is 4.79 Å². The molecule has 1 aromatic carbocycles. The summed E-state index contributed by atoms with van der Waals surface area (Å²) in [5.74, 6) is 0.0128. The van der Waals surface area contributed by atoms with Gasteiger partial charge in [0, 0.05) is 44.3 Å². The number of hydrogen-bond donors (Lipinski definition) is 1. The lowest BCUT2D eigenvalue weighted by Gasteiger charge is -2.49. The van der Waals surface area contributed by atoms with Crippen LogP contribution in [0.3, 0.4) is 0 Å². The normalized spacial score (nSPS) is 21.4. The Hall–Kier alpha value is -2.84. The summed E-state index contributed by atoms with van der Waals surface area (Å²) in [4.78, 5) is 25.5. The molecule has 2 unspecified atom stereocenters. The second-order valence-corrected chi connectivity index (χ2v) is 7.30. The Balaban J connectivity index is 1.69. The predicted molar refractivity (Wildman–Crippen MR) is 103 cm³/mol. The summed E-state index contributed by atoms with van der Waals surface area (Å²) >= 11 is 0. The fraction of sp³-hybridized carbons (Fsp3) is 0.450. The molecule has 0 radical (unpaired) electrons. The van der Waals surface area contributed by atoms with Gasteiger partial charge in [-0.25, -0.2) is 9.97 Å². The van der Waals surface area contributed by atoms with Crippen LogP contribution in [-0.2, 0) is 17.4 Å². The number of anilines is 2. The summed E-state index contributed by atoms with van der Waals surface area (Å²) in [6.07, 6.45) is -0.790. The van der Waals surface area contributed by atoms with E-state index in [2.05, 4.69) is 20.2 Å². The van der Waals surface area contributed by atoms with E-state index in [1.165, 1.54) is 12.1 Å². The first kappa shape index (κ1) is 19.5. The van der Waals surface area contributed by atoms with Gasteiger partial charge in [-0.15, -0.1) is 0 Å². The Kier molecular flexibility index (Phi) is 5.06. The quantitative estimate of drug-likeness (QED) is 0.850. The molecule has 9 heteroatoms. The lowest BCUT2D eigenvalue weighted by molar-refractivity contribution is -0.137. The van der Waals surface area contributed by atoms with Gasteiger partial charge >= 0.3 is 6.18 Å². The molecular formula is C20H22F3N5O. The number of alkyl halides is 3. The number of piperazine rings is 1. The molecule has 2 aromatic rings. The standard InChI is InChI=1S/C20H22F3N5O/c1-2-24-18(29)15-11-13-10-14(20(21,22)23)4-5-16(13)28-9-8-27(12-17(15)28)19-25-6-3-7-26-19/h3-7,10,15,17H,2,8-9,11-12H2,1H3,(H,24,29). The van der Waals surface area contributed by atoms with Crippen LogP contribution in [0.5, 0.6) is 0 Å². The van der Waals surface area contributed by atoms with Crippen molar-refractivity contribution >= 4 is 17.5 Å². The van der Waals surface area contributed by atoms with E-state index in [4.69, 9.17) is 0 Å². The van der Waals surface area contributed by atoms with E-state index in [0.717, 1.165) is 11.8 Å². The topological polar surface area (TPSA) is 61.4 Å². The van der Waals surface area contributed by atoms with Crippen LogP contribution in [0.25, 0.3) is 0 Å². The predicted octanol–water partition coefficient (Wildman–Crippen LogP) is 2.50. The highest BCUT2D eigenvalue weighted by atomic mass is 19.4. The maximum atomic E-state index is 13.2. The summed E-state index contributed by atoms with van der Waals surface area (Å²) in [5.41, 5.74) is 0.662. The molecule has 1 aromatic heterocycles. The number of fused-ring (bicyclic) bond motifs is 3. The second-order valence-electron chi connectivity index (χ2n) is 7.30. The minimum absolute atomic E-state index is 0.138. The zero-order valence-corrected chi connectivity index (χ0v) is 16.0. The van der Waals surface area contributed by atoms with E-state index < -0.39 is 17.7 Å². The van der Waals surface area contributed by atoms with Gasteiger partial charge < -0.3 is 15.1 Å². The average molecular weight is 405 g/mol. The van der Waals surface area contributed by atoms with Gasteiger partial charge in [-0.05, 0) is 43.2 Å². The third-order valence-electron chi connectivity index (χ3n) is 5.56. The van der Waals surface area contributed by atoms with E-state index in [0.29, 0.717) is 37.7 Å². The molecule has 0 spiro atoms. The zero-order chi connectivity index (χ0) is 20.6. The summed E-state index contributed by atoms with van der Waals surface area (Å²) in [6.45, 7) is 4.05. The zero-order valence-electron chi connectivity index (χ0n) is 16.0. The molecule has 0 bridgehead atoms. The molecule has 2 atom stereocenters.